The molecule has 0 unspecified atom stereocenters. The molecule has 2 aromatic rings. The van der Waals surface area contributed by atoms with Gasteiger partial charge < -0.3 is 15.2 Å². The Hall–Kier alpha value is -2.67. The standard InChI is InChI=1S/C19H27N5O2/c1-4-10-20-17(25)14-23(2)11-12-24(3)19(26)16-13-21-18(22-16)15-8-6-5-7-9-15/h5-9,13H,4,10-12,14H2,1-3H3,(H,20,25)(H,21,22). The van der Waals surface area contributed by atoms with E-state index in [1.807, 2.05) is 49.2 Å². The van der Waals surface area contributed by atoms with Gasteiger partial charge in [0.2, 0.25) is 5.91 Å². The van der Waals surface area contributed by atoms with Crippen LogP contribution in [0.25, 0.3) is 11.4 Å². The largest absolute Gasteiger partial charge is 0.355 e. The lowest BCUT2D eigenvalue weighted by molar-refractivity contribution is -0.121. The van der Waals surface area contributed by atoms with Crippen molar-refractivity contribution in [1.29, 1.82) is 0 Å². The molecule has 0 aliphatic heterocycles. The van der Waals surface area contributed by atoms with E-state index >= 15 is 0 Å². The molecule has 0 spiro atoms. The minimum absolute atomic E-state index is 0.00407. The van der Waals surface area contributed by atoms with Gasteiger partial charge in [0.1, 0.15) is 11.5 Å². The molecule has 2 N–H and O–H groups in total. The Morgan fingerprint density at radius 2 is 1.88 bits per heavy atom. The van der Waals surface area contributed by atoms with E-state index < -0.39 is 0 Å². The molecule has 26 heavy (non-hydrogen) atoms. The topological polar surface area (TPSA) is 81.3 Å². The molecule has 0 bridgehead atoms. The van der Waals surface area contributed by atoms with Crippen LogP contribution >= 0.6 is 0 Å². The summed E-state index contributed by atoms with van der Waals surface area (Å²) in [5.41, 5.74) is 1.39. The highest BCUT2D eigenvalue weighted by atomic mass is 16.2. The zero-order valence-corrected chi connectivity index (χ0v) is 15.7. The van der Waals surface area contributed by atoms with Crippen LogP contribution in [0.4, 0.5) is 0 Å². The number of hydrogen-bond acceptors (Lipinski definition) is 4. The van der Waals surface area contributed by atoms with Gasteiger partial charge in [-0.3, -0.25) is 14.5 Å². The molecule has 0 radical (unpaired) electrons. The van der Waals surface area contributed by atoms with Gasteiger partial charge in [-0.05, 0) is 13.5 Å². The molecule has 0 aliphatic rings. The molecular formula is C19H27N5O2. The number of amides is 2. The average molecular weight is 357 g/mol. The molecule has 140 valence electrons. The number of rotatable bonds is 9. The first-order valence-corrected chi connectivity index (χ1v) is 8.82. The number of H-pyrrole nitrogens is 1. The fourth-order valence-corrected chi connectivity index (χ4v) is 2.45. The number of nitrogens with zero attached hydrogens (tertiary/aromatic N) is 3. The summed E-state index contributed by atoms with van der Waals surface area (Å²) in [6.07, 6.45) is 2.48. The molecule has 7 heteroatoms. The lowest BCUT2D eigenvalue weighted by Crippen LogP contribution is -2.40. The number of imidazole rings is 1. The zero-order valence-electron chi connectivity index (χ0n) is 15.7. The Balaban J connectivity index is 1.84. The number of nitrogens with one attached hydrogen (secondary N) is 2. The minimum Gasteiger partial charge on any atom is -0.355 e. The van der Waals surface area contributed by atoms with Crippen LogP contribution in [0.15, 0.2) is 36.5 Å². The van der Waals surface area contributed by atoms with Crippen LogP contribution in [0.1, 0.15) is 23.8 Å². The van der Waals surface area contributed by atoms with Gasteiger partial charge >= 0.3 is 0 Å². The molecule has 2 rings (SSSR count). The van der Waals surface area contributed by atoms with Crippen molar-refractivity contribution in [3.63, 3.8) is 0 Å². The number of carbonyl (C=O) groups is 2. The monoisotopic (exact) mass is 357 g/mol. The van der Waals surface area contributed by atoms with E-state index in [1.165, 1.54) is 0 Å². The van der Waals surface area contributed by atoms with Crippen molar-refractivity contribution in [3.05, 3.63) is 42.2 Å². The maximum atomic E-state index is 12.5. The minimum atomic E-state index is -0.122. The SMILES string of the molecule is CCCNC(=O)CN(C)CCN(C)C(=O)c1cnc(-c2ccccc2)[nH]1. The third-order valence-corrected chi connectivity index (χ3v) is 4.00. The summed E-state index contributed by atoms with van der Waals surface area (Å²) in [5, 5.41) is 2.84. The smallest absolute Gasteiger partial charge is 0.271 e. The zero-order chi connectivity index (χ0) is 18.9. The van der Waals surface area contributed by atoms with Gasteiger partial charge in [0, 0.05) is 32.2 Å². The molecule has 0 fully saturated rings. The van der Waals surface area contributed by atoms with Crippen molar-refractivity contribution in [1.82, 2.24) is 25.1 Å². The number of aromatic amines is 1. The maximum Gasteiger partial charge on any atom is 0.271 e. The summed E-state index contributed by atoms with van der Waals surface area (Å²) in [7, 11) is 3.61. The van der Waals surface area contributed by atoms with E-state index in [1.54, 1.807) is 18.1 Å². The summed E-state index contributed by atoms with van der Waals surface area (Å²) in [6.45, 7) is 4.17. The van der Waals surface area contributed by atoms with E-state index in [2.05, 4.69) is 15.3 Å². The van der Waals surface area contributed by atoms with Gasteiger partial charge in [-0.25, -0.2) is 4.98 Å². The van der Waals surface area contributed by atoms with E-state index in [0.29, 0.717) is 37.7 Å². The Morgan fingerprint density at radius 3 is 2.58 bits per heavy atom. The van der Waals surface area contributed by atoms with Crippen LogP contribution in [-0.2, 0) is 4.79 Å². The molecule has 1 aromatic carbocycles. The van der Waals surface area contributed by atoms with Crippen LogP contribution in [0, 0.1) is 0 Å². The Morgan fingerprint density at radius 1 is 1.15 bits per heavy atom. The van der Waals surface area contributed by atoms with Crippen LogP contribution < -0.4 is 5.32 Å². The molecular weight excluding hydrogens is 330 g/mol. The highest BCUT2D eigenvalue weighted by Gasteiger charge is 2.16. The summed E-state index contributed by atoms with van der Waals surface area (Å²) in [5.74, 6) is 0.556. The molecule has 0 atom stereocenters. The van der Waals surface area contributed by atoms with Gasteiger partial charge in [0.05, 0.1) is 12.7 Å². The first-order chi connectivity index (χ1) is 12.5. The number of likely N-dealkylation sites (N-methyl/N-ethyl adjacent to an activating group) is 2. The third kappa shape index (κ3) is 5.70. The summed E-state index contributed by atoms with van der Waals surface area (Å²) in [4.78, 5) is 35.1. The quantitative estimate of drug-likeness (QED) is 0.714. The second-order valence-corrected chi connectivity index (χ2v) is 6.33. The van der Waals surface area contributed by atoms with Gasteiger partial charge in [0.25, 0.3) is 5.91 Å². The molecule has 0 aliphatic carbocycles. The Labute approximate surface area is 154 Å². The van der Waals surface area contributed by atoms with Crippen molar-refractivity contribution in [3.8, 4) is 11.4 Å². The summed E-state index contributed by atoms with van der Waals surface area (Å²) < 4.78 is 0. The molecule has 1 heterocycles. The number of hydrogen-bond donors (Lipinski definition) is 2. The predicted octanol–water partition coefficient (Wildman–Crippen LogP) is 1.61. The number of carbonyl (C=O) groups excluding carboxylic acids is 2. The predicted molar refractivity (Wildman–Crippen MR) is 102 cm³/mol. The molecule has 1 aromatic heterocycles. The Bertz CT molecular complexity index is 714. The summed E-state index contributed by atoms with van der Waals surface area (Å²) in [6, 6.07) is 9.67. The van der Waals surface area contributed by atoms with Crippen LogP contribution in [-0.4, -0.2) is 71.9 Å². The molecule has 0 saturated heterocycles. The van der Waals surface area contributed by atoms with Crippen molar-refractivity contribution in [2.24, 2.45) is 0 Å². The van der Waals surface area contributed by atoms with Gasteiger partial charge in [-0.1, -0.05) is 37.3 Å². The van der Waals surface area contributed by atoms with Crippen molar-refractivity contribution in [2.75, 3.05) is 40.3 Å². The van der Waals surface area contributed by atoms with Gasteiger partial charge in [-0.2, -0.15) is 0 Å². The number of benzene rings is 1. The van der Waals surface area contributed by atoms with Crippen molar-refractivity contribution in [2.45, 2.75) is 13.3 Å². The summed E-state index contributed by atoms with van der Waals surface area (Å²) >= 11 is 0. The molecule has 2 amide bonds. The van der Waals surface area contributed by atoms with Crippen LogP contribution in [0.2, 0.25) is 0 Å². The highest BCUT2D eigenvalue weighted by molar-refractivity contribution is 5.92. The van der Waals surface area contributed by atoms with Crippen molar-refractivity contribution < 1.29 is 9.59 Å². The maximum absolute atomic E-state index is 12.5. The first-order valence-electron chi connectivity index (χ1n) is 8.82. The lowest BCUT2D eigenvalue weighted by Gasteiger charge is -2.21. The highest BCUT2D eigenvalue weighted by Crippen LogP contribution is 2.15. The Kier molecular flexibility index (Phi) is 7.35. The van der Waals surface area contributed by atoms with E-state index in [0.717, 1.165) is 12.0 Å². The fourth-order valence-electron chi connectivity index (χ4n) is 2.45. The second kappa shape index (κ2) is 9.72. The first kappa shape index (κ1) is 19.7. The van der Waals surface area contributed by atoms with Crippen LogP contribution in [0.3, 0.4) is 0 Å². The van der Waals surface area contributed by atoms with Crippen LogP contribution in [0.5, 0.6) is 0 Å². The van der Waals surface area contributed by atoms with E-state index in [-0.39, 0.29) is 11.8 Å². The molecule has 0 saturated carbocycles. The third-order valence-electron chi connectivity index (χ3n) is 4.00. The second-order valence-electron chi connectivity index (χ2n) is 6.33. The molecule has 7 nitrogen and oxygen atoms in total. The van der Waals surface area contributed by atoms with Gasteiger partial charge in [-0.15, -0.1) is 0 Å². The number of aromatic nitrogens is 2. The van der Waals surface area contributed by atoms with E-state index in [9.17, 15) is 9.59 Å². The van der Waals surface area contributed by atoms with Gasteiger partial charge in [0.15, 0.2) is 0 Å². The normalized spacial score (nSPS) is 10.8. The average Bonchev–Trinajstić information content (AvgIpc) is 3.14. The fraction of sp³-hybridized carbons (Fsp3) is 0.421. The van der Waals surface area contributed by atoms with E-state index in [4.69, 9.17) is 0 Å². The lowest BCUT2D eigenvalue weighted by atomic mass is 10.2. The van der Waals surface area contributed by atoms with Crippen molar-refractivity contribution >= 4 is 11.8 Å².